The number of methoxy groups -OCH3 is 2. The summed E-state index contributed by atoms with van der Waals surface area (Å²) in [5, 5.41) is 2.50. The Hall–Kier alpha value is -3.59. The van der Waals surface area contributed by atoms with Gasteiger partial charge < -0.3 is 14.8 Å². The van der Waals surface area contributed by atoms with Crippen molar-refractivity contribution in [2.75, 3.05) is 24.3 Å². The number of amides is 1. The highest BCUT2D eigenvalue weighted by Crippen LogP contribution is 2.29. The SMILES string of the molecule is COc1ccc(NS(=O)(=O)c2cc(NC(=O)c3ccccc3F)ccc2OC)cc1. The smallest absolute Gasteiger partial charge is 0.265 e. The lowest BCUT2D eigenvalue weighted by molar-refractivity contribution is 0.102. The Bertz CT molecular complexity index is 1160. The number of nitrogens with one attached hydrogen (secondary N) is 2. The molecule has 1 amide bonds. The number of hydrogen-bond acceptors (Lipinski definition) is 5. The summed E-state index contributed by atoms with van der Waals surface area (Å²) in [5.74, 6) is -0.726. The van der Waals surface area contributed by atoms with E-state index < -0.39 is 21.7 Å². The van der Waals surface area contributed by atoms with Crippen molar-refractivity contribution in [2.24, 2.45) is 0 Å². The van der Waals surface area contributed by atoms with Crippen molar-refractivity contribution in [3.05, 3.63) is 78.1 Å². The molecule has 3 aromatic carbocycles. The van der Waals surface area contributed by atoms with E-state index in [0.717, 1.165) is 6.07 Å². The zero-order valence-electron chi connectivity index (χ0n) is 16.2. The van der Waals surface area contributed by atoms with Crippen LogP contribution in [0.15, 0.2) is 71.6 Å². The Balaban J connectivity index is 1.89. The molecule has 0 unspecified atom stereocenters. The van der Waals surface area contributed by atoms with Crippen LogP contribution in [0.25, 0.3) is 0 Å². The summed E-state index contributed by atoms with van der Waals surface area (Å²) >= 11 is 0. The van der Waals surface area contributed by atoms with Gasteiger partial charge in [0.2, 0.25) is 0 Å². The molecule has 0 bridgehead atoms. The van der Waals surface area contributed by atoms with E-state index in [0.29, 0.717) is 11.4 Å². The second kappa shape index (κ2) is 8.83. The standard InChI is InChI=1S/C21H19FN2O5S/c1-28-16-10-7-14(8-11-16)24-30(26,27)20-13-15(9-12-19(20)29-2)23-21(25)17-5-3-4-6-18(17)22/h3-13,24H,1-2H3,(H,23,25). The first-order chi connectivity index (χ1) is 14.3. The maximum Gasteiger partial charge on any atom is 0.265 e. The lowest BCUT2D eigenvalue weighted by Gasteiger charge is -2.14. The predicted octanol–water partition coefficient (Wildman–Crippen LogP) is 3.90. The molecule has 0 fully saturated rings. The monoisotopic (exact) mass is 430 g/mol. The molecule has 156 valence electrons. The molecule has 0 aliphatic heterocycles. The van der Waals surface area contributed by atoms with E-state index >= 15 is 0 Å². The Morgan fingerprint density at radius 1 is 0.900 bits per heavy atom. The van der Waals surface area contributed by atoms with Gasteiger partial charge in [-0.25, -0.2) is 12.8 Å². The average molecular weight is 430 g/mol. The average Bonchev–Trinajstić information content (AvgIpc) is 2.74. The third kappa shape index (κ3) is 4.69. The topological polar surface area (TPSA) is 93.7 Å². The van der Waals surface area contributed by atoms with Crippen LogP contribution < -0.4 is 19.5 Å². The van der Waals surface area contributed by atoms with E-state index in [2.05, 4.69) is 10.0 Å². The van der Waals surface area contributed by atoms with Crippen molar-refractivity contribution in [1.29, 1.82) is 0 Å². The molecule has 0 saturated carbocycles. The highest BCUT2D eigenvalue weighted by molar-refractivity contribution is 7.92. The second-order valence-corrected chi connectivity index (χ2v) is 7.78. The number of rotatable bonds is 7. The van der Waals surface area contributed by atoms with E-state index in [1.54, 1.807) is 24.3 Å². The molecule has 0 radical (unpaired) electrons. The number of carbonyl (C=O) groups excluding carboxylic acids is 1. The molecule has 0 aliphatic rings. The number of benzene rings is 3. The van der Waals surface area contributed by atoms with E-state index in [-0.39, 0.29) is 21.9 Å². The summed E-state index contributed by atoms with van der Waals surface area (Å²) in [6.45, 7) is 0. The van der Waals surface area contributed by atoms with E-state index in [1.807, 2.05) is 0 Å². The van der Waals surface area contributed by atoms with Crippen LogP contribution in [-0.2, 0) is 10.0 Å². The molecular formula is C21H19FN2O5S. The molecule has 0 aromatic heterocycles. The largest absolute Gasteiger partial charge is 0.497 e. The summed E-state index contributed by atoms with van der Waals surface area (Å²) < 4.78 is 52.3. The van der Waals surface area contributed by atoms with Crippen molar-refractivity contribution in [2.45, 2.75) is 4.90 Å². The first-order valence-electron chi connectivity index (χ1n) is 8.75. The second-order valence-electron chi connectivity index (χ2n) is 6.13. The van der Waals surface area contributed by atoms with Crippen molar-refractivity contribution in [3.63, 3.8) is 0 Å². The molecule has 3 rings (SSSR count). The highest BCUT2D eigenvalue weighted by Gasteiger charge is 2.21. The third-order valence-corrected chi connectivity index (χ3v) is 5.57. The fourth-order valence-corrected chi connectivity index (χ4v) is 3.93. The molecule has 0 heterocycles. The lowest BCUT2D eigenvalue weighted by atomic mass is 10.2. The number of anilines is 2. The van der Waals surface area contributed by atoms with Gasteiger partial charge in [-0.05, 0) is 54.6 Å². The van der Waals surface area contributed by atoms with Crippen LogP contribution in [0.3, 0.4) is 0 Å². The first kappa shape index (κ1) is 21.1. The van der Waals surface area contributed by atoms with Crippen molar-refractivity contribution in [3.8, 4) is 11.5 Å². The van der Waals surface area contributed by atoms with E-state index in [4.69, 9.17) is 9.47 Å². The molecular weight excluding hydrogens is 411 g/mol. The fraction of sp³-hybridized carbons (Fsp3) is 0.0952. The zero-order chi connectivity index (χ0) is 21.7. The Morgan fingerprint density at radius 3 is 2.20 bits per heavy atom. The molecule has 2 N–H and O–H groups in total. The van der Waals surface area contributed by atoms with Gasteiger partial charge >= 0.3 is 0 Å². The molecule has 7 nitrogen and oxygen atoms in total. The minimum Gasteiger partial charge on any atom is -0.497 e. The molecule has 0 aliphatic carbocycles. The van der Waals surface area contributed by atoms with Gasteiger partial charge in [-0.2, -0.15) is 0 Å². The zero-order valence-corrected chi connectivity index (χ0v) is 17.0. The van der Waals surface area contributed by atoms with Crippen LogP contribution in [0.4, 0.5) is 15.8 Å². The number of halogens is 1. The summed E-state index contributed by atoms with van der Waals surface area (Å²) in [7, 11) is -1.21. The first-order valence-corrected chi connectivity index (χ1v) is 10.2. The van der Waals surface area contributed by atoms with Crippen LogP contribution in [0, 0.1) is 5.82 Å². The van der Waals surface area contributed by atoms with Crippen LogP contribution in [-0.4, -0.2) is 28.5 Å². The Labute approximate surface area is 173 Å². The van der Waals surface area contributed by atoms with Gasteiger partial charge in [0.25, 0.3) is 15.9 Å². The van der Waals surface area contributed by atoms with Crippen LogP contribution in [0.5, 0.6) is 11.5 Å². The van der Waals surface area contributed by atoms with Crippen LogP contribution in [0.1, 0.15) is 10.4 Å². The van der Waals surface area contributed by atoms with Crippen molar-refractivity contribution < 1.29 is 27.1 Å². The quantitative estimate of drug-likeness (QED) is 0.593. The summed E-state index contributed by atoms with van der Waals surface area (Å²) in [5.41, 5.74) is 0.326. The molecule has 9 heteroatoms. The van der Waals surface area contributed by atoms with Gasteiger partial charge in [0.05, 0.1) is 19.8 Å². The van der Waals surface area contributed by atoms with Gasteiger partial charge in [-0.3, -0.25) is 9.52 Å². The van der Waals surface area contributed by atoms with Gasteiger partial charge in [0, 0.05) is 11.4 Å². The van der Waals surface area contributed by atoms with Crippen LogP contribution >= 0.6 is 0 Å². The molecule has 3 aromatic rings. The van der Waals surface area contributed by atoms with Gasteiger partial charge in [0.15, 0.2) is 0 Å². The predicted molar refractivity (Wildman–Crippen MR) is 111 cm³/mol. The summed E-state index contributed by atoms with van der Waals surface area (Å²) in [6.07, 6.45) is 0. The number of sulfonamides is 1. The maximum absolute atomic E-state index is 13.8. The summed E-state index contributed by atoms with van der Waals surface area (Å²) in [6, 6.07) is 15.9. The lowest BCUT2D eigenvalue weighted by Crippen LogP contribution is -2.16. The van der Waals surface area contributed by atoms with Gasteiger partial charge in [0.1, 0.15) is 22.2 Å². The van der Waals surface area contributed by atoms with Crippen LogP contribution in [0.2, 0.25) is 0 Å². The molecule has 0 spiro atoms. The Kier molecular flexibility index (Phi) is 6.22. The maximum atomic E-state index is 13.8. The molecule has 0 atom stereocenters. The minimum atomic E-state index is -4.05. The fourth-order valence-electron chi connectivity index (χ4n) is 2.68. The highest BCUT2D eigenvalue weighted by atomic mass is 32.2. The number of hydrogen-bond donors (Lipinski definition) is 2. The van der Waals surface area contributed by atoms with E-state index in [1.165, 1.54) is 50.6 Å². The van der Waals surface area contributed by atoms with Crippen molar-refractivity contribution >= 4 is 27.3 Å². The number of ether oxygens (including phenoxy) is 2. The minimum absolute atomic E-state index is 0.0832. The van der Waals surface area contributed by atoms with Crippen molar-refractivity contribution in [1.82, 2.24) is 0 Å². The third-order valence-electron chi connectivity index (χ3n) is 4.17. The molecule has 0 saturated heterocycles. The normalized spacial score (nSPS) is 10.9. The van der Waals surface area contributed by atoms with E-state index in [9.17, 15) is 17.6 Å². The number of carbonyl (C=O) groups is 1. The van der Waals surface area contributed by atoms with Gasteiger partial charge in [-0.1, -0.05) is 12.1 Å². The summed E-state index contributed by atoms with van der Waals surface area (Å²) in [4.78, 5) is 12.2. The van der Waals surface area contributed by atoms with Gasteiger partial charge in [-0.15, -0.1) is 0 Å². The molecule has 30 heavy (non-hydrogen) atoms. The Morgan fingerprint density at radius 2 is 1.57 bits per heavy atom.